The van der Waals surface area contributed by atoms with Crippen molar-refractivity contribution in [1.82, 2.24) is 0 Å². The molecule has 16 heavy (non-hydrogen) atoms. The molecule has 3 nitrogen and oxygen atoms in total. The molecule has 0 saturated heterocycles. The zero-order valence-electron chi connectivity index (χ0n) is 10.6. The van der Waals surface area contributed by atoms with Crippen molar-refractivity contribution in [3.63, 3.8) is 0 Å². The van der Waals surface area contributed by atoms with Crippen molar-refractivity contribution in [2.24, 2.45) is 5.92 Å². The molecule has 0 aromatic heterocycles. The summed E-state index contributed by atoms with van der Waals surface area (Å²) in [7, 11) is 0. The smallest absolute Gasteiger partial charge is 0.0797 e. The minimum absolute atomic E-state index is 0.0115. The van der Waals surface area contributed by atoms with Gasteiger partial charge in [0.05, 0.1) is 18.8 Å². The number of allylic oxidation sites excluding steroid dienone is 1. The second kappa shape index (κ2) is 7.60. The molecule has 0 aliphatic carbocycles. The van der Waals surface area contributed by atoms with Gasteiger partial charge in [0.2, 0.25) is 0 Å². The van der Waals surface area contributed by atoms with Crippen LogP contribution in [0.5, 0.6) is 0 Å². The molecule has 0 aliphatic heterocycles. The fraction of sp³-hybridized carbons (Fsp3) is 0.692. The predicted molar refractivity (Wildman–Crippen MR) is 66.1 cm³/mol. The van der Waals surface area contributed by atoms with Crippen LogP contribution in [0.1, 0.15) is 34.1 Å². The van der Waals surface area contributed by atoms with Crippen molar-refractivity contribution in [3.05, 3.63) is 23.3 Å². The third-order valence-electron chi connectivity index (χ3n) is 2.98. The van der Waals surface area contributed by atoms with Crippen LogP contribution in [0.2, 0.25) is 0 Å². The molecule has 3 heteroatoms. The first-order valence-corrected chi connectivity index (χ1v) is 5.69. The maximum atomic E-state index is 9.88. The molecule has 0 amide bonds. The molecular weight excluding hydrogens is 204 g/mol. The minimum Gasteiger partial charge on any atom is -0.392 e. The van der Waals surface area contributed by atoms with Crippen molar-refractivity contribution in [3.8, 4) is 0 Å². The number of rotatable bonds is 6. The molecule has 0 radical (unpaired) electrons. The van der Waals surface area contributed by atoms with E-state index >= 15 is 0 Å². The molecule has 0 spiro atoms. The summed E-state index contributed by atoms with van der Waals surface area (Å²) in [6.45, 7) is 7.36. The second-order valence-electron chi connectivity index (χ2n) is 4.35. The summed E-state index contributed by atoms with van der Waals surface area (Å²) in [4.78, 5) is 0. The van der Waals surface area contributed by atoms with Gasteiger partial charge in [0, 0.05) is 5.92 Å². The first-order valence-electron chi connectivity index (χ1n) is 5.69. The van der Waals surface area contributed by atoms with Gasteiger partial charge in [-0.15, -0.1) is 0 Å². The summed E-state index contributed by atoms with van der Waals surface area (Å²) < 4.78 is 0. The Morgan fingerprint density at radius 2 is 1.81 bits per heavy atom. The topological polar surface area (TPSA) is 60.7 Å². The van der Waals surface area contributed by atoms with Gasteiger partial charge in [-0.25, -0.2) is 0 Å². The van der Waals surface area contributed by atoms with Crippen molar-refractivity contribution < 1.29 is 15.3 Å². The van der Waals surface area contributed by atoms with Crippen LogP contribution in [0.4, 0.5) is 0 Å². The lowest BCUT2D eigenvalue weighted by Crippen LogP contribution is -2.30. The molecule has 0 bridgehead atoms. The summed E-state index contributed by atoms with van der Waals surface area (Å²) in [5, 5.41) is 28.6. The summed E-state index contributed by atoms with van der Waals surface area (Å²) in [5.74, 6) is -0.209. The highest BCUT2D eigenvalue weighted by atomic mass is 16.3. The monoisotopic (exact) mass is 228 g/mol. The largest absolute Gasteiger partial charge is 0.392 e. The first-order chi connectivity index (χ1) is 7.43. The van der Waals surface area contributed by atoms with Crippen molar-refractivity contribution >= 4 is 0 Å². The third-order valence-corrected chi connectivity index (χ3v) is 2.98. The summed E-state index contributed by atoms with van der Waals surface area (Å²) in [5.41, 5.74) is 1.71. The Morgan fingerprint density at radius 1 is 1.25 bits per heavy atom. The molecule has 0 aliphatic rings. The standard InChI is InChI=1S/C13H24O3/c1-5-10(3)13(16)11(4)12(15)7-6-9(2)8-14/h5-6,11-16H,7-8H2,1-4H3/b9-6+,10-5+/t11-,12+,13-/m1/s1. The van der Waals surface area contributed by atoms with Crippen LogP contribution in [0, 0.1) is 5.92 Å². The van der Waals surface area contributed by atoms with E-state index in [0.717, 1.165) is 11.1 Å². The average Bonchev–Trinajstić information content (AvgIpc) is 2.32. The fourth-order valence-electron chi connectivity index (χ4n) is 1.40. The number of aliphatic hydroxyl groups excluding tert-OH is 3. The van der Waals surface area contributed by atoms with Gasteiger partial charge in [0.15, 0.2) is 0 Å². The van der Waals surface area contributed by atoms with E-state index in [4.69, 9.17) is 5.11 Å². The Balaban J connectivity index is 4.33. The van der Waals surface area contributed by atoms with Crippen molar-refractivity contribution in [2.45, 2.75) is 46.3 Å². The van der Waals surface area contributed by atoms with Crippen LogP contribution in [-0.2, 0) is 0 Å². The van der Waals surface area contributed by atoms with E-state index in [0.29, 0.717) is 6.42 Å². The van der Waals surface area contributed by atoms with Crippen LogP contribution in [0.3, 0.4) is 0 Å². The molecule has 3 N–H and O–H groups in total. The van der Waals surface area contributed by atoms with Gasteiger partial charge >= 0.3 is 0 Å². The Hall–Kier alpha value is -0.640. The Bertz CT molecular complexity index is 256. The highest BCUT2D eigenvalue weighted by Crippen LogP contribution is 2.18. The molecule has 0 unspecified atom stereocenters. The van der Waals surface area contributed by atoms with E-state index < -0.39 is 12.2 Å². The van der Waals surface area contributed by atoms with Crippen LogP contribution in [0.15, 0.2) is 23.3 Å². The number of hydrogen-bond donors (Lipinski definition) is 3. The van der Waals surface area contributed by atoms with E-state index in [1.54, 1.807) is 6.08 Å². The summed E-state index contributed by atoms with van der Waals surface area (Å²) in [6, 6.07) is 0. The molecular formula is C13H24O3. The third kappa shape index (κ3) is 4.92. The van der Waals surface area contributed by atoms with Gasteiger partial charge < -0.3 is 15.3 Å². The van der Waals surface area contributed by atoms with Crippen molar-refractivity contribution in [1.29, 1.82) is 0 Å². The molecule has 0 fully saturated rings. The van der Waals surface area contributed by atoms with E-state index in [2.05, 4.69) is 0 Å². The second-order valence-corrected chi connectivity index (χ2v) is 4.35. The van der Waals surface area contributed by atoms with Gasteiger partial charge in [0.1, 0.15) is 0 Å². The summed E-state index contributed by atoms with van der Waals surface area (Å²) >= 11 is 0. The van der Waals surface area contributed by atoms with Gasteiger partial charge in [0.25, 0.3) is 0 Å². The maximum Gasteiger partial charge on any atom is 0.0797 e. The summed E-state index contributed by atoms with van der Waals surface area (Å²) in [6.07, 6.45) is 2.91. The van der Waals surface area contributed by atoms with Crippen molar-refractivity contribution in [2.75, 3.05) is 6.61 Å². The quantitative estimate of drug-likeness (QED) is 0.606. The SMILES string of the molecule is C/C=C(\C)[C@@H](O)[C@H](C)[C@@H](O)C/C=C(\C)CO. The lowest BCUT2D eigenvalue weighted by molar-refractivity contribution is 0.0415. The molecule has 0 heterocycles. The maximum absolute atomic E-state index is 9.88. The van der Waals surface area contributed by atoms with Crippen LogP contribution in [0.25, 0.3) is 0 Å². The van der Waals surface area contributed by atoms with Crippen LogP contribution < -0.4 is 0 Å². The van der Waals surface area contributed by atoms with E-state index in [1.807, 2.05) is 33.8 Å². The Morgan fingerprint density at radius 3 is 2.25 bits per heavy atom. The zero-order valence-corrected chi connectivity index (χ0v) is 10.6. The van der Waals surface area contributed by atoms with E-state index in [-0.39, 0.29) is 12.5 Å². The van der Waals surface area contributed by atoms with Crippen LogP contribution in [-0.4, -0.2) is 34.1 Å². The van der Waals surface area contributed by atoms with Gasteiger partial charge in [-0.1, -0.05) is 24.6 Å². The molecule has 0 aromatic rings. The number of hydrogen-bond acceptors (Lipinski definition) is 3. The molecule has 94 valence electrons. The molecule has 3 atom stereocenters. The molecule has 0 rings (SSSR count). The zero-order chi connectivity index (χ0) is 12.7. The Labute approximate surface area is 98.1 Å². The van der Waals surface area contributed by atoms with E-state index in [9.17, 15) is 10.2 Å². The van der Waals surface area contributed by atoms with Gasteiger partial charge in [-0.05, 0) is 32.8 Å². The fourth-order valence-corrected chi connectivity index (χ4v) is 1.40. The lowest BCUT2D eigenvalue weighted by Gasteiger charge is -2.24. The first kappa shape index (κ1) is 15.4. The van der Waals surface area contributed by atoms with E-state index in [1.165, 1.54) is 0 Å². The normalized spacial score (nSPS) is 19.4. The average molecular weight is 228 g/mol. The lowest BCUT2D eigenvalue weighted by atomic mass is 9.91. The van der Waals surface area contributed by atoms with Crippen LogP contribution >= 0.6 is 0 Å². The highest BCUT2D eigenvalue weighted by Gasteiger charge is 2.22. The Kier molecular flexibility index (Phi) is 7.30. The molecule has 0 saturated carbocycles. The minimum atomic E-state index is -0.608. The highest BCUT2D eigenvalue weighted by molar-refractivity contribution is 5.06. The molecule has 0 aromatic carbocycles. The van der Waals surface area contributed by atoms with Gasteiger partial charge in [-0.2, -0.15) is 0 Å². The van der Waals surface area contributed by atoms with Gasteiger partial charge in [-0.3, -0.25) is 0 Å². The number of aliphatic hydroxyl groups is 3. The predicted octanol–water partition coefficient (Wildman–Crippen LogP) is 1.64.